The van der Waals surface area contributed by atoms with Crippen LogP contribution >= 0.6 is 0 Å². The lowest BCUT2D eigenvalue weighted by molar-refractivity contribution is -0.130. The third-order valence-corrected chi connectivity index (χ3v) is 4.22. The topological polar surface area (TPSA) is 37.3 Å². The number of terminal acetylenes is 1. The second kappa shape index (κ2) is 4.33. The van der Waals surface area contributed by atoms with Crippen LogP contribution in [-0.2, 0) is 4.79 Å². The van der Waals surface area contributed by atoms with Gasteiger partial charge < -0.3 is 5.11 Å². The molecule has 0 bridgehead atoms. The molecule has 2 unspecified atom stereocenters. The molecule has 1 saturated carbocycles. The van der Waals surface area contributed by atoms with Gasteiger partial charge in [0, 0.05) is 12.8 Å². The molecule has 0 aliphatic heterocycles. The van der Waals surface area contributed by atoms with Crippen molar-refractivity contribution < 1.29 is 9.90 Å². The van der Waals surface area contributed by atoms with Crippen LogP contribution in [-0.4, -0.2) is 24.6 Å². The van der Waals surface area contributed by atoms with Crippen molar-refractivity contribution in [3.63, 3.8) is 0 Å². The number of hydrogen-bond acceptors (Lipinski definition) is 2. The first kappa shape index (κ1) is 14.0. The summed E-state index contributed by atoms with van der Waals surface area (Å²) in [5, 5.41) is 10.6. The molecule has 0 saturated heterocycles. The number of rotatable bonds is 1. The molecule has 0 radical (unpaired) electrons. The Bertz CT molecular complexity index is 430. The summed E-state index contributed by atoms with van der Waals surface area (Å²) >= 11 is 0. The van der Waals surface area contributed by atoms with Crippen molar-refractivity contribution in [3.05, 3.63) is 0 Å². The highest BCUT2D eigenvalue weighted by Crippen LogP contribution is 2.45. The van der Waals surface area contributed by atoms with Crippen molar-refractivity contribution in [2.45, 2.75) is 51.4 Å². The monoisotopic (exact) mass is 248 g/mol. The summed E-state index contributed by atoms with van der Waals surface area (Å²) < 4.78 is 0. The molecule has 2 nitrogen and oxygen atoms in total. The Hall–Kier alpha value is -1.03. The lowest BCUT2D eigenvalue weighted by atomic mass is 9.73. The summed E-state index contributed by atoms with van der Waals surface area (Å²) in [6, 6.07) is 0. The van der Waals surface area contributed by atoms with Gasteiger partial charge in [-0.2, -0.15) is 0 Å². The first-order valence-corrected chi connectivity index (χ1v) is 9.38. The highest BCUT2D eigenvalue weighted by Gasteiger charge is 2.55. The van der Waals surface area contributed by atoms with Crippen LogP contribution in [0, 0.1) is 29.2 Å². The summed E-state index contributed by atoms with van der Waals surface area (Å²) in [6.07, 6.45) is 6.33. The zero-order valence-electron chi connectivity index (χ0n) is 11.1. The zero-order valence-corrected chi connectivity index (χ0v) is 12.1. The summed E-state index contributed by atoms with van der Waals surface area (Å²) in [5.74, 6) is 5.48. The quantitative estimate of drug-likeness (QED) is 0.569. The summed E-state index contributed by atoms with van der Waals surface area (Å²) in [5.41, 5.74) is 1.02. The number of aliphatic hydroxyl groups is 1. The van der Waals surface area contributed by atoms with Crippen molar-refractivity contribution >= 4 is 13.9 Å². The van der Waals surface area contributed by atoms with Gasteiger partial charge in [0.05, 0.1) is 5.41 Å². The summed E-state index contributed by atoms with van der Waals surface area (Å²) in [7, 11) is -1.56. The minimum Gasteiger partial charge on any atom is -0.377 e. The normalized spacial score (nSPS) is 32.8. The molecule has 0 aromatic heterocycles. The van der Waals surface area contributed by atoms with E-state index in [4.69, 9.17) is 6.42 Å². The zero-order chi connectivity index (χ0) is 13.3. The number of hydrogen-bond donors (Lipinski definition) is 1. The van der Waals surface area contributed by atoms with Gasteiger partial charge in [-0.05, 0) is 13.3 Å². The van der Waals surface area contributed by atoms with Gasteiger partial charge in [-0.1, -0.05) is 25.6 Å². The summed E-state index contributed by atoms with van der Waals surface area (Å²) in [4.78, 5) is 11.9. The minimum absolute atomic E-state index is 0.0304. The molecular formula is C14H20O2Si. The van der Waals surface area contributed by atoms with E-state index in [2.05, 4.69) is 37.0 Å². The van der Waals surface area contributed by atoms with Crippen LogP contribution in [0.25, 0.3) is 0 Å². The van der Waals surface area contributed by atoms with E-state index in [1.807, 2.05) is 0 Å². The van der Waals surface area contributed by atoms with E-state index < -0.39 is 19.1 Å². The Morgan fingerprint density at radius 2 is 2.06 bits per heavy atom. The van der Waals surface area contributed by atoms with E-state index in [1.54, 1.807) is 6.92 Å². The van der Waals surface area contributed by atoms with Crippen LogP contribution in [0.4, 0.5) is 0 Å². The Morgan fingerprint density at radius 3 is 2.53 bits per heavy atom. The van der Waals surface area contributed by atoms with E-state index in [0.717, 1.165) is 0 Å². The maximum Gasteiger partial charge on any atom is 0.143 e. The fraction of sp³-hybridized carbons (Fsp3) is 0.643. The third-order valence-electron chi connectivity index (χ3n) is 3.34. The Labute approximate surface area is 105 Å². The van der Waals surface area contributed by atoms with Crippen LogP contribution < -0.4 is 0 Å². The van der Waals surface area contributed by atoms with E-state index >= 15 is 0 Å². The molecule has 17 heavy (non-hydrogen) atoms. The average Bonchev–Trinajstić information content (AvgIpc) is 2.41. The minimum atomic E-state index is -1.56. The van der Waals surface area contributed by atoms with Crippen LogP contribution in [0.15, 0.2) is 0 Å². The maximum absolute atomic E-state index is 11.9. The van der Waals surface area contributed by atoms with Crippen LogP contribution in [0.3, 0.4) is 0 Å². The standard InChI is InChI=1S/C14H20O2Si/c1-6-8-13(2)12(15)7-9-14(13,16)10-11-17(3,4)5/h1,16H,7-9H2,2-5H3. The van der Waals surface area contributed by atoms with Gasteiger partial charge in [-0.3, -0.25) is 4.79 Å². The van der Waals surface area contributed by atoms with Gasteiger partial charge in [0.2, 0.25) is 0 Å². The van der Waals surface area contributed by atoms with E-state index in [1.165, 1.54) is 0 Å². The molecule has 92 valence electrons. The molecular weight excluding hydrogens is 228 g/mol. The first-order chi connectivity index (χ1) is 7.65. The van der Waals surface area contributed by atoms with Crippen LogP contribution in [0.1, 0.15) is 26.2 Å². The number of carbonyl (C=O) groups is 1. The number of ketones is 1. The predicted octanol–water partition coefficient (Wildman–Crippen LogP) is 1.99. The second-order valence-corrected chi connectivity index (χ2v) is 10.7. The lowest BCUT2D eigenvalue weighted by Crippen LogP contribution is -2.44. The maximum atomic E-state index is 11.9. The van der Waals surface area contributed by atoms with E-state index in [-0.39, 0.29) is 12.2 Å². The molecule has 2 atom stereocenters. The Morgan fingerprint density at radius 1 is 1.47 bits per heavy atom. The van der Waals surface area contributed by atoms with Crippen LogP contribution in [0.2, 0.25) is 19.6 Å². The molecule has 1 N–H and O–H groups in total. The van der Waals surface area contributed by atoms with Gasteiger partial charge in [-0.15, -0.1) is 17.9 Å². The summed E-state index contributed by atoms with van der Waals surface area (Å²) in [6.45, 7) is 8.07. The fourth-order valence-electron chi connectivity index (χ4n) is 2.02. The van der Waals surface area contributed by atoms with Crippen molar-refractivity contribution in [2.24, 2.45) is 5.41 Å². The van der Waals surface area contributed by atoms with Crippen LogP contribution in [0.5, 0.6) is 0 Å². The largest absolute Gasteiger partial charge is 0.377 e. The lowest BCUT2D eigenvalue weighted by Gasteiger charge is -2.33. The molecule has 1 fully saturated rings. The molecule has 1 rings (SSSR count). The molecule has 0 aromatic carbocycles. The van der Waals surface area contributed by atoms with Gasteiger partial charge in [0.1, 0.15) is 19.5 Å². The van der Waals surface area contributed by atoms with Crippen molar-refractivity contribution in [3.8, 4) is 23.8 Å². The first-order valence-electron chi connectivity index (χ1n) is 5.88. The van der Waals surface area contributed by atoms with Crippen molar-refractivity contribution in [1.29, 1.82) is 0 Å². The molecule has 0 spiro atoms. The van der Waals surface area contributed by atoms with Gasteiger partial charge in [0.25, 0.3) is 0 Å². The highest BCUT2D eigenvalue weighted by atomic mass is 28.3. The van der Waals surface area contributed by atoms with Gasteiger partial charge >= 0.3 is 0 Å². The molecule has 0 amide bonds. The molecule has 1 aliphatic rings. The Kier molecular flexibility index (Phi) is 3.57. The van der Waals surface area contributed by atoms with Crippen molar-refractivity contribution in [2.75, 3.05) is 0 Å². The fourth-order valence-corrected chi connectivity index (χ4v) is 2.60. The van der Waals surface area contributed by atoms with Gasteiger partial charge in [0.15, 0.2) is 0 Å². The van der Waals surface area contributed by atoms with E-state index in [0.29, 0.717) is 12.8 Å². The predicted molar refractivity (Wildman–Crippen MR) is 71.9 cm³/mol. The second-order valence-electron chi connectivity index (χ2n) is 6.00. The average molecular weight is 248 g/mol. The molecule has 0 aromatic rings. The number of Topliss-reactive ketones (excluding diaryl/α,β-unsaturated/α-hetero) is 1. The van der Waals surface area contributed by atoms with E-state index in [9.17, 15) is 9.90 Å². The SMILES string of the molecule is C#CCC1(C)C(=O)CCC1(O)C#C[Si](C)(C)C. The smallest absolute Gasteiger partial charge is 0.143 e. The van der Waals surface area contributed by atoms with Crippen molar-refractivity contribution in [1.82, 2.24) is 0 Å². The number of carbonyl (C=O) groups excluding carboxylic acids is 1. The molecule has 1 aliphatic carbocycles. The molecule has 0 heterocycles. The third kappa shape index (κ3) is 2.62. The van der Waals surface area contributed by atoms with Gasteiger partial charge in [-0.25, -0.2) is 0 Å². The molecule has 3 heteroatoms. The Balaban J connectivity index is 3.14. The highest BCUT2D eigenvalue weighted by molar-refractivity contribution is 6.83.